The Morgan fingerprint density at radius 1 is 1.05 bits per heavy atom. The third-order valence-corrected chi connectivity index (χ3v) is 2.44. The minimum Gasteiger partial charge on any atom is -0.451 e. The van der Waals surface area contributed by atoms with Crippen molar-refractivity contribution in [2.75, 3.05) is 11.9 Å². The Labute approximate surface area is 120 Å². The van der Waals surface area contributed by atoms with Crippen LogP contribution in [0.1, 0.15) is 10.5 Å². The molecule has 108 valence electrons. The number of amides is 3. The number of hydrogen-bond donors (Lipinski definition) is 3. The maximum absolute atomic E-state index is 11.5. The molecule has 0 aliphatic carbocycles. The van der Waals surface area contributed by atoms with E-state index in [9.17, 15) is 14.4 Å². The molecule has 7 nitrogen and oxygen atoms in total. The number of rotatable bonds is 4. The summed E-state index contributed by atoms with van der Waals surface area (Å²) >= 11 is 0. The quantitative estimate of drug-likeness (QED) is 0.742. The Balaban J connectivity index is 1.74. The summed E-state index contributed by atoms with van der Waals surface area (Å²) in [6.07, 6.45) is 1.56. The molecule has 0 aliphatic heterocycles. The van der Waals surface area contributed by atoms with Gasteiger partial charge in [0.1, 0.15) is 5.69 Å². The third kappa shape index (κ3) is 4.50. The Kier molecular flexibility index (Phi) is 4.70. The molecule has 0 aliphatic rings. The van der Waals surface area contributed by atoms with Gasteiger partial charge in [-0.2, -0.15) is 0 Å². The van der Waals surface area contributed by atoms with Gasteiger partial charge in [-0.25, -0.2) is 9.59 Å². The number of esters is 1. The normalized spacial score (nSPS) is 9.71. The number of urea groups is 1. The fourth-order valence-electron chi connectivity index (χ4n) is 1.51. The van der Waals surface area contributed by atoms with Crippen LogP contribution < -0.4 is 10.6 Å². The summed E-state index contributed by atoms with van der Waals surface area (Å²) in [5, 5.41) is 4.52. The smallest absolute Gasteiger partial charge is 0.355 e. The number of anilines is 1. The zero-order chi connectivity index (χ0) is 15.1. The monoisotopic (exact) mass is 287 g/mol. The number of hydrogen-bond acceptors (Lipinski definition) is 4. The Morgan fingerprint density at radius 2 is 1.81 bits per heavy atom. The highest BCUT2D eigenvalue weighted by Gasteiger charge is 2.12. The van der Waals surface area contributed by atoms with Crippen LogP contribution in [0.4, 0.5) is 10.5 Å². The number of aromatic amines is 1. The lowest BCUT2D eigenvalue weighted by Crippen LogP contribution is -2.37. The zero-order valence-electron chi connectivity index (χ0n) is 11.0. The molecule has 3 amide bonds. The fourth-order valence-corrected chi connectivity index (χ4v) is 1.51. The molecule has 1 aromatic carbocycles. The molecule has 2 aromatic rings. The van der Waals surface area contributed by atoms with E-state index >= 15 is 0 Å². The number of carbonyl (C=O) groups is 3. The highest BCUT2D eigenvalue weighted by molar-refractivity contribution is 6.02. The van der Waals surface area contributed by atoms with Gasteiger partial charge in [-0.3, -0.25) is 10.1 Å². The second-order valence-corrected chi connectivity index (χ2v) is 4.03. The van der Waals surface area contributed by atoms with Crippen LogP contribution in [0.3, 0.4) is 0 Å². The Morgan fingerprint density at radius 3 is 2.48 bits per heavy atom. The second kappa shape index (κ2) is 6.90. The van der Waals surface area contributed by atoms with Crippen LogP contribution in [0.2, 0.25) is 0 Å². The molecule has 0 spiro atoms. The molecule has 0 saturated heterocycles. The first-order valence-corrected chi connectivity index (χ1v) is 6.11. The number of carbonyl (C=O) groups excluding carboxylic acids is 3. The Bertz CT molecular complexity index is 623. The van der Waals surface area contributed by atoms with Gasteiger partial charge in [-0.15, -0.1) is 0 Å². The van der Waals surface area contributed by atoms with E-state index in [1.807, 2.05) is 0 Å². The van der Waals surface area contributed by atoms with Crippen molar-refractivity contribution in [1.29, 1.82) is 0 Å². The number of imide groups is 1. The summed E-state index contributed by atoms with van der Waals surface area (Å²) in [7, 11) is 0. The van der Waals surface area contributed by atoms with E-state index in [2.05, 4.69) is 15.6 Å². The van der Waals surface area contributed by atoms with Gasteiger partial charge in [0.05, 0.1) is 0 Å². The van der Waals surface area contributed by atoms with Gasteiger partial charge in [0.25, 0.3) is 5.91 Å². The van der Waals surface area contributed by atoms with Gasteiger partial charge in [0, 0.05) is 11.9 Å². The molecular weight excluding hydrogens is 274 g/mol. The van der Waals surface area contributed by atoms with Gasteiger partial charge in [0.2, 0.25) is 0 Å². The molecule has 21 heavy (non-hydrogen) atoms. The van der Waals surface area contributed by atoms with Crippen molar-refractivity contribution >= 4 is 23.6 Å². The average molecular weight is 287 g/mol. The first-order chi connectivity index (χ1) is 10.1. The van der Waals surface area contributed by atoms with Crippen molar-refractivity contribution in [2.24, 2.45) is 0 Å². The molecule has 1 heterocycles. The maximum Gasteiger partial charge on any atom is 0.355 e. The zero-order valence-corrected chi connectivity index (χ0v) is 11.0. The molecule has 0 fully saturated rings. The predicted molar refractivity (Wildman–Crippen MR) is 74.7 cm³/mol. The van der Waals surface area contributed by atoms with Gasteiger partial charge in [-0.1, -0.05) is 18.2 Å². The Hall–Kier alpha value is -3.09. The van der Waals surface area contributed by atoms with Crippen molar-refractivity contribution in [1.82, 2.24) is 10.3 Å². The minimum atomic E-state index is -0.719. The third-order valence-electron chi connectivity index (χ3n) is 2.44. The summed E-state index contributed by atoms with van der Waals surface area (Å²) in [6.45, 7) is -0.542. The topological polar surface area (TPSA) is 100 Å². The maximum atomic E-state index is 11.5. The summed E-state index contributed by atoms with van der Waals surface area (Å²) in [5.74, 6) is -1.39. The van der Waals surface area contributed by atoms with Crippen LogP contribution in [-0.4, -0.2) is 29.5 Å². The fraction of sp³-hybridized carbons (Fsp3) is 0.0714. The van der Waals surface area contributed by atoms with Crippen LogP contribution in [0, 0.1) is 0 Å². The summed E-state index contributed by atoms with van der Waals surface area (Å²) in [4.78, 5) is 37.1. The average Bonchev–Trinajstić information content (AvgIpc) is 3.00. The minimum absolute atomic E-state index is 0.233. The van der Waals surface area contributed by atoms with E-state index in [-0.39, 0.29) is 5.69 Å². The number of nitrogens with one attached hydrogen (secondary N) is 3. The van der Waals surface area contributed by atoms with Crippen molar-refractivity contribution < 1.29 is 19.1 Å². The van der Waals surface area contributed by atoms with Gasteiger partial charge in [-0.05, 0) is 24.3 Å². The van der Waals surface area contributed by atoms with Crippen LogP contribution in [0.25, 0.3) is 0 Å². The molecule has 3 N–H and O–H groups in total. The highest BCUT2D eigenvalue weighted by Crippen LogP contribution is 2.04. The van der Waals surface area contributed by atoms with E-state index in [1.165, 1.54) is 6.07 Å². The van der Waals surface area contributed by atoms with Crippen LogP contribution in [0.5, 0.6) is 0 Å². The van der Waals surface area contributed by atoms with E-state index in [0.717, 1.165) is 0 Å². The van der Waals surface area contributed by atoms with Crippen LogP contribution >= 0.6 is 0 Å². The molecule has 0 unspecified atom stereocenters. The lowest BCUT2D eigenvalue weighted by Gasteiger charge is -2.06. The van der Waals surface area contributed by atoms with Gasteiger partial charge < -0.3 is 15.0 Å². The summed E-state index contributed by atoms with van der Waals surface area (Å²) in [6, 6.07) is 11.1. The molecular formula is C14H13N3O4. The molecule has 1 aromatic heterocycles. The lowest BCUT2D eigenvalue weighted by atomic mass is 10.3. The van der Waals surface area contributed by atoms with E-state index < -0.39 is 24.5 Å². The number of H-pyrrole nitrogens is 1. The number of ether oxygens (including phenoxy) is 1. The molecule has 0 bridgehead atoms. The first-order valence-electron chi connectivity index (χ1n) is 6.11. The van der Waals surface area contributed by atoms with Crippen molar-refractivity contribution in [3.8, 4) is 0 Å². The van der Waals surface area contributed by atoms with Crippen LogP contribution in [-0.2, 0) is 9.53 Å². The molecule has 2 rings (SSSR count). The predicted octanol–water partition coefficient (Wildman–Crippen LogP) is 1.52. The van der Waals surface area contributed by atoms with E-state index in [0.29, 0.717) is 5.69 Å². The van der Waals surface area contributed by atoms with Crippen molar-refractivity contribution in [3.05, 3.63) is 54.4 Å². The van der Waals surface area contributed by atoms with E-state index in [4.69, 9.17) is 4.74 Å². The van der Waals surface area contributed by atoms with Gasteiger partial charge in [0.15, 0.2) is 6.61 Å². The molecule has 0 radical (unpaired) electrons. The lowest BCUT2D eigenvalue weighted by molar-refractivity contribution is -0.123. The largest absolute Gasteiger partial charge is 0.451 e. The SMILES string of the molecule is O=C(COC(=O)c1ccc[nH]1)NC(=O)Nc1ccccc1. The molecule has 7 heteroatoms. The number of para-hydroxylation sites is 1. The summed E-state index contributed by atoms with van der Waals surface area (Å²) < 4.78 is 4.74. The standard InChI is InChI=1S/C14H13N3O4/c18-12(9-21-13(19)11-7-4-8-15-11)17-14(20)16-10-5-2-1-3-6-10/h1-8,15H,9H2,(H2,16,17,18,20). The van der Waals surface area contributed by atoms with Crippen molar-refractivity contribution in [3.63, 3.8) is 0 Å². The van der Waals surface area contributed by atoms with Gasteiger partial charge >= 0.3 is 12.0 Å². The number of aromatic nitrogens is 1. The molecule has 0 atom stereocenters. The summed E-state index contributed by atoms with van der Waals surface area (Å²) in [5.41, 5.74) is 0.780. The second-order valence-electron chi connectivity index (χ2n) is 4.03. The van der Waals surface area contributed by atoms with Crippen LogP contribution in [0.15, 0.2) is 48.7 Å². The number of benzene rings is 1. The van der Waals surface area contributed by atoms with E-state index in [1.54, 1.807) is 42.6 Å². The molecule has 0 saturated carbocycles. The highest BCUT2D eigenvalue weighted by atomic mass is 16.5. The first kappa shape index (κ1) is 14.3. The van der Waals surface area contributed by atoms with Crippen molar-refractivity contribution in [2.45, 2.75) is 0 Å².